The van der Waals surface area contributed by atoms with Gasteiger partial charge in [0.25, 0.3) is 0 Å². The summed E-state index contributed by atoms with van der Waals surface area (Å²) in [6.45, 7) is 6.60. The second-order valence-corrected chi connectivity index (χ2v) is 5.07. The lowest BCUT2D eigenvalue weighted by molar-refractivity contribution is 0.149. The van der Waals surface area contributed by atoms with E-state index in [0.717, 1.165) is 25.5 Å². The molecule has 0 aromatic carbocycles. The molecule has 0 spiro atoms. The molecule has 1 aliphatic heterocycles. The standard InChI is InChI=1S/C13H28N2O/c1-3-4-12-5-8-15(9-6-12)11-13(14)7-10-16-2/h12-13H,3-11,14H2,1-2H3. The summed E-state index contributed by atoms with van der Waals surface area (Å²) in [5.41, 5.74) is 6.06. The number of nitrogens with zero attached hydrogens (tertiary/aromatic N) is 1. The van der Waals surface area contributed by atoms with Crippen molar-refractivity contribution in [3.05, 3.63) is 0 Å². The Labute approximate surface area is 100 Å². The summed E-state index contributed by atoms with van der Waals surface area (Å²) in [5.74, 6) is 0.969. The first-order chi connectivity index (χ1) is 7.76. The van der Waals surface area contributed by atoms with Crippen LogP contribution in [0.4, 0.5) is 0 Å². The van der Waals surface area contributed by atoms with Crippen molar-refractivity contribution in [2.24, 2.45) is 11.7 Å². The molecule has 1 saturated heterocycles. The third kappa shape index (κ3) is 5.28. The van der Waals surface area contributed by atoms with Crippen LogP contribution in [-0.2, 0) is 4.74 Å². The fourth-order valence-electron chi connectivity index (χ4n) is 2.56. The van der Waals surface area contributed by atoms with Gasteiger partial charge in [0, 0.05) is 26.3 Å². The van der Waals surface area contributed by atoms with Crippen molar-refractivity contribution in [3.8, 4) is 0 Å². The van der Waals surface area contributed by atoms with E-state index in [1.165, 1.54) is 38.8 Å². The lowest BCUT2D eigenvalue weighted by Gasteiger charge is -2.33. The molecule has 1 atom stereocenters. The summed E-state index contributed by atoms with van der Waals surface area (Å²) in [4.78, 5) is 2.52. The molecular weight excluding hydrogens is 200 g/mol. The van der Waals surface area contributed by atoms with Crippen LogP contribution >= 0.6 is 0 Å². The molecule has 16 heavy (non-hydrogen) atoms. The predicted molar refractivity (Wildman–Crippen MR) is 68.5 cm³/mol. The molecule has 1 heterocycles. The van der Waals surface area contributed by atoms with Crippen LogP contribution in [0.3, 0.4) is 0 Å². The fraction of sp³-hybridized carbons (Fsp3) is 1.00. The van der Waals surface area contributed by atoms with Gasteiger partial charge >= 0.3 is 0 Å². The van der Waals surface area contributed by atoms with Crippen molar-refractivity contribution >= 4 is 0 Å². The Morgan fingerprint density at radius 1 is 1.38 bits per heavy atom. The molecule has 0 aromatic heterocycles. The highest BCUT2D eigenvalue weighted by molar-refractivity contribution is 4.75. The normalized spacial score (nSPS) is 21.2. The first-order valence-electron chi connectivity index (χ1n) is 6.73. The quantitative estimate of drug-likeness (QED) is 0.723. The summed E-state index contributed by atoms with van der Waals surface area (Å²) in [6.07, 6.45) is 6.45. The van der Waals surface area contributed by atoms with Crippen LogP contribution in [-0.4, -0.2) is 44.3 Å². The van der Waals surface area contributed by atoms with Gasteiger partial charge in [0.05, 0.1) is 0 Å². The van der Waals surface area contributed by atoms with E-state index in [1.54, 1.807) is 7.11 Å². The van der Waals surface area contributed by atoms with E-state index < -0.39 is 0 Å². The molecule has 0 aliphatic carbocycles. The highest BCUT2D eigenvalue weighted by Crippen LogP contribution is 2.21. The van der Waals surface area contributed by atoms with E-state index in [4.69, 9.17) is 10.5 Å². The van der Waals surface area contributed by atoms with Gasteiger partial charge in [-0.15, -0.1) is 0 Å². The van der Waals surface area contributed by atoms with E-state index in [-0.39, 0.29) is 6.04 Å². The Morgan fingerprint density at radius 2 is 2.06 bits per heavy atom. The van der Waals surface area contributed by atoms with E-state index in [1.807, 2.05) is 0 Å². The number of piperidine rings is 1. The molecule has 1 fully saturated rings. The molecule has 0 radical (unpaired) electrons. The number of hydrogen-bond donors (Lipinski definition) is 1. The van der Waals surface area contributed by atoms with Crippen LogP contribution in [0.15, 0.2) is 0 Å². The molecule has 0 amide bonds. The maximum atomic E-state index is 6.06. The van der Waals surface area contributed by atoms with Crippen LogP contribution in [0.2, 0.25) is 0 Å². The second-order valence-electron chi connectivity index (χ2n) is 5.07. The molecule has 1 unspecified atom stereocenters. The fourth-order valence-corrected chi connectivity index (χ4v) is 2.56. The Kier molecular flexibility index (Phi) is 7.01. The van der Waals surface area contributed by atoms with E-state index in [9.17, 15) is 0 Å². The van der Waals surface area contributed by atoms with Gasteiger partial charge in [0.2, 0.25) is 0 Å². The van der Waals surface area contributed by atoms with Crippen molar-refractivity contribution < 1.29 is 4.74 Å². The molecule has 3 nitrogen and oxygen atoms in total. The van der Waals surface area contributed by atoms with Crippen molar-refractivity contribution in [3.63, 3.8) is 0 Å². The minimum Gasteiger partial charge on any atom is -0.385 e. The van der Waals surface area contributed by atoms with Crippen LogP contribution in [0.25, 0.3) is 0 Å². The van der Waals surface area contributed by atoms with Gasteiger partial charge in [-0.2, -0.15) is 0 Å². The Morgan fingerprint density at radius 3 is 2.62 bits per heavy atom. The highest BCUT2D eigenvalue weighted by atomic mass is 16.5. The lowest BCUT2D eigenvalue weighted by Crippen LogP contribution is -2.42. The zero-order valence-corrected chi connectivity index (χ0v) is 11.0. The summed E-state index contributed by atoms with van der Waals surface area (Å²) >= 11 is 0. The van der Waals surface area contributed by atoms with Crippen LogP contribution in [0.5, 0.6) is 0 Å². The maximum absolute atomic E-state index is 6.06. The Balaban J connectivity index is 2.11. The van der Waals surface area contributed by atoms with Gasteiger partial charge in [-0.1, -0.05) is 19.8 Å². The van der Waals surface area contributed by atoms with Gasteiger partial charge in [0.1, 0.15) is 0 Å². The van der Waals surface area contributed by atoms with Crippen molar-refractivity contribution in [2.45, 2.75) is 45.1 Å². The Hall–Kier alpha value is -0.120. The average molecular weight is 228 g/mol. The molecule has 3 heteroatoms. The van der Waals surface area contributed by atoms with Gasteiger partial charge in [-0.3, -0.25) is 0 Å². The number of rotatable bonds is 7. The van der Waals surface area contributed by atoms with Gasteiger partial charge in [-0.05, 0) is 38.3 Å². The molecule has 0 bridgehead atoms. The smallest absolute Gasteiger partial charge is 0.0477 e. The molecular formula is C13H28N2O. The SMILES string of the molecule is CCCC1CCN(CC(N)CCOC)CC1. The average Bonchev–Trinajstić information content (AvgIpc) is 2.29. The van der Waals surface area contributed by atoms with Crippen molar-refractivity contribution in [1.29, 1.82) is 0 Å². The third-order valence-corrected chi connectivity index (χ3v) is 3.59. The molecule has 1 rings (SSSR count). The topological polar surface area (TPSA) is 38.5 Å². The zero-order valence-electron chi connectivity index (χ0n) is 11.0. The van der Waals surface area contributed by atoms with Crippen molar-refractivity contribution in [2.75, 3.05) is 33.4 Å². The summed E-state index contributed by atoms with van der Waals surface area (Å²) in [6, 6.07) is 0.280. The number of ether oxygens (including phenoxy) is 1. The largest absolute Gasteiger partial charge is 0.385 e. The third-order valence-electron chi connectivity index (χ3n) is 3.59. The van der Waals surface area contributed by atoms with Crippen LogP contribution in [0.1, 0.15) is 39.0 Å². The second kappa shape index (κ2) is 8.04. The van der Waals surface area contributed by atoms with E-state index >= 15 is 0 Å². The number of likely N-dealkylation sites (tertiary alicyclic amines) is 1. The Bertz CT molecular complexity index is 167. The van der Waals surface area contributed by atoms with Gasteiger partial charge in [0.15, 0.2) is 0 Å². The van der Waals surface area contributed by atoms with Crippen molar-refractivity contribution in [1.82, 2.24) is 4.90 Å². The van der Waals surface area contributed by atoms with Crippen LogP contribution < -0.4 is 5.73 Å². The van der Waals surface area contributed by atoms with Gasteiger partial charge < -0.3 is 15.4 Å². The molecule has 0 saturated carbocycles. The predicted octanol–water partition coefficient (Wildman–Crippen LogP) is 1.86. The number of hydrogen-bond acceptors (Lipinski definition) is 3. The first kappa shape index (κ1) is 13.9. The maximum Gasteiger partial charge on any atom is 0.0477 e. The number of nitrogens with two attached hydrogens (primary N) is 1. The highest BCUT2D eigenvalue weighted by Gasteiger charge is 2.19. The summed E-state index contributed by atoms with van der Waals surface area (Å²) in [7, 11) is 1.74. The molecule has 96 valence electrons. The van der Waals surface area contributed by atoms with Gasteiger partial charge in [-0.25, -0.2) is 0 Å². The zero-order chi connectivity index (χ0) is 11.8. The minimum absolute atomic E-state index is 0.280. The molecule has 1 aliphatic rings. The molecule has 2 N–H and O–H groups in total. The monoisotopic (exact) mass is 228 g/mol. The minimum atomic E-state index is 0.280. The molecule has 0 aromatic rings. The lowest BCUT2D eigenvalue weighted by atomic mass is 9.92. The number of methoxy groups -OCH3 is 1. The van der Waals surface area contributed by atoms with E-state index in [0.29, 0.717) is 0 Å². The van der Waals surface area contributed by atoms with Crippen LogP contribution in [0, 0.1) is 5.92 Å². The van der Waals surface area contributed by atoms with E-state index in [2.05, 4.69) is 11.8 Å². The first-order valence-corrected chi connectivity index (χ1v) is 6.73. The summed E-state index contributed by atoms with van der Waals surface area (Å²) < 4.78 is 5.05. The summed E-state index contributed by atoms with van der Waals surface area (Å²) in [5, 5.41) is 0.